The standard InChI is InChI=1S/C10H15N5/c1-8-3-4-9-12-10(13-15(9)7-8)14(2)6-5-11/h3-4,7H,5-6,11H2,1-2H3. The number of anilines is 1. The van der Waals surface area contributed by atoms with E-state index in [0.717, 1.165) is 12.2 Å². The van der Waals surface area contributed by atoms with Crippen molar-refractivity contribution in [2.24, 2.45) is 5.73 Å². The number of fused-ring (bicyclic) bond motifs is 1. The summed E-state index contributed by atoms with van der Waals surface area (Å²) in [5.41, 5.74) is 7.51. The Labute approximate surface area is 88.5 Å². The van der Waals surface area contributed by atoms with Gasteiger partial charge in [-0.05, 0) is 18.6 Å². The molecule has 15 heavy (non-hydrogen) atoms. The highest BCUT2D eigenvalue weighted by atomic mass is 15.4. The van der Waals surface area contributed by atoms with Crippen LogP contribution >= 0.6 is 0 Å². The summed E-state index contributed by atoms with van der Waals surface area (Å²) in [6.45, 7) is 3.39. The number of likely N-dealkylation sites (N-methyl/N-ethyl adjacent to an activating group) is 1. The maximum Gasteiger partial charge on any atom is 0.245 e. The second-order valence-corrected chi connectivity index (χ2v) is 3.63. The average molecular weight is 205 g/mol. The Balaban J connectivity index is 2.38. The van der Waals surface area contributed by atoms with Crippen LogP contribution < -0.4 is 10.6 Å². The molecule has 5 nitrogen and oxygen atoms in total. The minimum absolute atomic E-state index is 0.602. The minimum atomic E-state index is 0.602. The third-order valence-corrected chi connectivity index (χ3v) is 2.27. The molecule has 2 aromatic rings. The molecule has 2 N–H and O–H groups in total. The normalized spacial score (nSPS) is 10.9. The first-order valence-corrected chi connectivity index (χ1v) is 4.95. The third kappa shape index (κ3) is 1.92. The van der Waals surface area contributed by atoms with Crippen LogP contribution in [0, 0.1) is 6.92 Å². The van der Waals surface area contributed by atoms with Crippen molar-refractivity contribution >= 4 is 11.6 Å². The molecule has 0 aliphatic heterocycles. The Bertz CT molecular complexity index is 462. The van der Waals surface area contributed by atoms with E-state index >= 15 is 0 Å². The second kappa shape index (κ2) is 3.86. The molecule has 0 saturated carbocycles. The van der Waals surface area contributed by atoms with E-state index in [1.54, 1.807) is 4.52 Å². The molecule has 5 heteroatoms. The Kier molecular flexibility index (Phi) is 2.55. The van der Waals surface area contributed by atoms with Crippen LogP contribution in [-0.4, -0.2) is 34.7 Å². The highest BCUT2D eigenvalue weighted by Crippen LogP contribution is 2.09. The van der Waals surface area contributed by atoms with Gasteiger partial charge in [-0.25, -0.2) is 4.52 Å². The Morgan fingerprint density at radius 1 is 1.47 bits per heavy atom. The molecule has 0 spiro atoms. The van der Waals surface area contributed by atoms with Gasteiger partial charge in [-0.3, -0.25) is 0 Å². The topological polar surface area (TPSA) is 59.5 Å². The number of aryl methyl sites for hydroxylation is 1. The largest absolute Gasteiger partial charge is 0.341 e. The van der Waals surface area contributed by atoms with Gasteiger partial charge in [-0.1, -0.05) is 6.07 Å². The molecule has 0 aromatic carbocycles. The van der Waals surface area contributed by atoms with E-state index in [0.29, 0.717) is 12.5 Å². The SMILES string of the molecule is Cc1ccc2nc(N(C)CCN)nn2c1. The molecular weight excluding hydrogens is 190 g/mol. The van der Waals surface area contributed by atoms with Crippen LogP contribution in [0.1, 0.15) is 5.56 Å². The molecule has 0 saturated heterocycles. The van der Waals surface area contributed by atoms with Gasteiger partial charge in [-0.2, -0.15) is 4.98 Å². The fourth-order valence-electron chi connectivity index (χ4n) is 1.43. The van der Waals surface area contributed by atoms with Crippen molar-refractivity contribution in [3.8, 4) is 0 Å². The minimum Gasteiger partial charge on any atom is -0.341 e. The lowest BCUT2D eigenvalue weighted by Crippen LogP contribution is -2.25. The van der Waals surface area contributed by atoms with Gasteiger partial charge in [0.15, 0.2) is 5.65 Å². The third-order valence-electron chi connectivity index (χ3n) is 2.27. The van der Waals surface area contributed by atoms with Crippen LogP contribution in [0.15, 0.2) is 18.3 Å². The summed E-state index contributed by atoms with van der Waals surface area (Å²) in [5.74, 6) is 0.714. The first kappa shape index (κ1) is 9.92. The van der Waals surface area contributed by atoms with Crippen molar-refractivity contribution in [2.75, 3.05) is 25.0 Å². The first-order valence-electron chi connectivity index (χ1n) is 4.95. The summed E-state index contributed by atoms with van der Waals surface area (Å²) >= 11 is 0. The number of aromatic nitrogens is 3. The van der Waals surface area contributed by atoms with Crippen LogP contribution in [0.4, 0.5) is 5.95 Å². The van der Waals surface area contributed by atoms with Crippen molar-refractivity contribution in [3.05, 3.63) is 23.9 Å². The summed E-state index contributed by atoms with van der Waals surface area (Å²) in [6.07, 6.45) is 1.96. The summed E-state index contributed by atoms with van der Waals surface area (Å²) < 4.78 is 1.79. The molecule has 2 rings (SSSR count). The van der Waals surface area contributed by atoms with Gasteiger partial charge in [0.1, 0.15) is 0 Å². The zero-order chi connectivity index (χ0) is 10.8. The van der Waals surface area contributed by atoms with Crippen molar-refractivity contribution in [3.63, 3.8) is 0 Å². The fourth-order valence-corrected chi connectivity index (χ4v) is 1.43. The van der Waals surface area contributed by atoms with E-state index in [9.17, 15) is 0 Å². The Morgan fingerprint density at radius 3 is 3.00 bits per heavy atom. The Hall–Kier alpha value is -1.62. The monoisotopic (exact) mass is 205 g/mol. The van der Waals surface area contributed by atoms with Gasteiger partial charge in [0, 0.05) is 26.3 Å². The van der Waals surface area contributed by atoms with Gasteiger partial charge in [-0.15, -0.1) is 5.10 Å². The highest BCUT2D eigenvalue weighted by Gasteiger charge is 2.07. The van der Waals surface area contributed by atoms with Crippen LogP contribution in [0.3, 0.4) is 0 Å². The summed E-state index contributed by atoms with van der Waals surface area (Å²) in [6, 6.07) is 3.98. The van der Waals surface area contributed by atoms with Crippen molar-refractivity contribution in [1.82, 2.24) is 14.6 Å². The average Bonchev–Trinajstić information content (AvgIpc) is 2.60. The van der Waals surface area contributed by atoms with Crippen molar-refractivity contribution < 1.29 is 0 Å². The fraction of sp³-hybridized carbons (Fsp3) is 0.400. The van der Waals surface area contributed by atoms with Crippen LogP contribution in [0.25, 0.3) is 5.65 Å². The number of pyridine rings is 1. The first-order chi connectivity index (χ1) is 7.20. The number of hydrogen-bond acceptors (Lipinski definition) is 4. The maximum absolute atomic E-state index is 5.48. The van der Waals surface area contributed by atoms with Gasteiger partial charge in [0.2, 0.25) is 5.95 Å². The zero-order valence-electron chi connectivity index (χ0n) is 9.01. The van der Waals surface area contributed by atoms with E-state index in [4.69, 9.17) is 5.73 Å². The summed E-state index contributed by atoms with van der Waals surface area (Å²) in [7, 11) is 1.94. The predicted octanol–water partition coefficient (Wildman–Crippen LogP) is 0.433. The van der Waals surface area contributed by atoms with E-state index in [-0.39, 0.29) is 0 Å². The lowest BCUT2D eigenvalue weighted by molar-refractivity contribution is 0.835. The Morgan fingerprint density at radius 2 is 2.27 bits per heavy atom. The number of rotatable bonds is 3. The second-order valence-electron chi connectivity index (χ2n) is 3.63. The van der Waals surface area contributed by atoms with Gasteiger partial charge in [0.25, 0.3) is 0 Å². The molecule has 0 amide bonds. The number of nitrogens with zero attached hydrogens (tertiary/aromatic N) is 4. The van der Waals surface area contributed by atoms with Gasteiger partial charge in [0.05, 0.1) is 0 Å². The molecule has 2 heterocycles. The van der Waals surface area contributed by atoms with E-state index in [1.807, 2.05) is 37.2 Å². The molecular formula is C10H15N5. The summed E-state index contributed by atoms with van der Waals surface area (Å²) in [5, 5.41) is 4.37. The smallest absolute Gasteiger partial charge is 0.245 e. The molecule has 0 bridgehead atoms. The lowest BCUT2D eigenvalue weighted by Gasteiger charge is -2.11. The molecule has 2 aromatic heterocycles. The lowest BCUT2D eigenvalue weighted by atomic mass is 10.3. The quantitative estimate of drug-likeness (QED) is 0.789. The van der Waals surface area contributed by atoms with Crippen LogP contribution in [0.2, 0.25) is 0 Å². The molecule has 0 radical (unpaired) electrons. The van der Waals surface area contributed by atoms with Crippen molar-refractivity contribution in [2.45, 2.75) is 6.92 Å². The van der Waals surface area contributed by atoms with Crippen LogP contribution in [0.5, 0.6) is 0 Å². The van der Waals surface area contributed by atoms with Crippen LogP contribution in [-0.2, 0) is 0 Å². The molecule has 80 valence electrons. The van der Waals surface area contributed by atoms with Gasteiger partial charge < -0.3 is 10.6 Å². The molecule has 0 aliphatic rings. The predicted molar refractivity (Wildman–Crippen MR) is 60.0 cm³/mol. The zero-order valence-corrected chi connectivity index (χ0v) is 9.01. The molecule has 0 unspecified atom stereocenters. The van der Waals surface area contributed by atoms with Gasteiger partial charge >= 0.3 is 0 Å². The molecule has 0 fully saturated rings. The van der Waals surface area contributed by atoms with E-state index in [2.05, 4.69) is 10.1 Å². The van der Waals surface area contributed by atoms with E-state index < -0.39 is 0 Å². The van der Waals surface area contributed by atoms with E-state index in [1.165, 1.54) is 5.56 Å². The molecule has 0 aliphatic carbocycles. The molecule has 0 atom stereocenters. The van der Waals surface area contributed by atoms with Crippen molar-refractivity contribution in [1.29, 1.82) is 0 Å². The maximum atomic E-state index is 5.48. The number of nitrogens with two attached hydrogens (primary N) is 1. The number of hydrogen-bond donors (Lipinski definition) is 1. The highest BCUT2D eigenvalue weighted by molar-refractivity contribution is 5.44. The summed E-state index contributed by atoms with van der Waals surface area (Å²) in [4.78, 5) is 6.34.